The van der Waals surface area contributed by atoms with Crippen LogP contribution in [-0.2, 0) is 11.2 Å². The summed E-state index contributed by atoms with van der Waals surface area (Å²) in [6, 6.07) is 7.81. The van der Waals surface area contributed by atoms with E-state index in [-0.39, 0.29) is 19.1 Å². The number of carbonyl (C=O) groups is 1. The number of aryl methyl sites for hydroxylation is 1. The van der Waals surface area contributed by atoms with Gasteiger partial charge in [0.1, 0.15) is 18.5 Å². The Bertz CT molecular complexity index is 410. The zero-order chi connectivity index (χ0) is 14.8. The molecule has 20 heavy (non-hydrogen) atoms. The molecule has 0 saturated heterocycles. The first-order chi connectivity index (χ1) is 9.65. The molecule has 0 fully saturated rings. The average Bonchev–Trinajstić information content (AvgIpc) is 2.45. The van der Waals surface area contributed by atoms with Crippen LogP contribution < -0.4 is 15.4 Å². The molecular formula is C15H24N2O3. The Balaban J connectivity index is 2.22. The van der Waals surface area contributed by atoms with E-state index in [4.69, 9.17) is 4.74 Å². The number of benzene rings is 1. The van der Waals surface area contributed by atoms with Crippen LogP contribution in [0.5, 0.6) is 5.75 Å². The molecule has 0 spiro atoms. The van der Waals surface area contributed by atoms with Crippen LogP contribution in [0.4, 0.5) is 0 Å². The van der Waals surface area contributed by atoms with Gasteiger partial charge in [0.15, 0.2) is 0 Å². The topological polar surface area (TPSA) is 70.6 Å². The summed E-state index contributed by atoms with van der Waals surface area (Å²) >= 11 is 0. The third kappa shape index (κ3) is 6.54. The first-order valence-corrected chi connectivity index (χ1v) is 7.02. The zero-order valence-corrected chi connectivity index (χ0v) is 12.2. The highest BCUT2D eigenvalue weighted by molar-refractivity contribution is 5.77. The van der Waals surface area contributed by atoms with Crippen LogP contribution in [0.3, 0.4) is 0 Å². The van der Waals surface area contributed by atoms with E-state index < -0.39 is 6.10 Å². The van der Waals surface area contributed by atoms with Gasteiger partial charge in [-0.05, 0) is 31.0 Å². The second-order valence-electron chi connectivity index (χ2n) is 4.55. The van der Waals surface area contributed by atoms with Crippen molar-refractivity contribution in [3.63, 3.8) is 0 Å². The van der Waals surface area contributed by atoms with Crippen molar-refractivity contribution in [2.24, 2.45) is 0 Å². The molecule has 1 aromatic carbocycles. The molecule has 0 aliphatic rings. The lowest BCUT2D eigenvalue weighted by molar-refractivity contribution is -0.120. The van der Waals surface area contributed by atoms with Crippen molar-refractivity contribution >= 4 is 5.91 Å². The van der Waals surface area contributed by atoms with Gasteiger partial charge in [-0.3, -0.25) is 4.79 Å². The first-order valence-electron chi connectivity index (χ1n) is 7.02. The maximum atomic E-state index is 11.2. The molecule has 1 aromatic rings. The molecule has 5 heteroatoms. The minimum atomic E-state index is -0.644. The number of amides is 1. The van der Waals surface area contributed by atoms with Crippen LogP contribution in [0.15, 0.2) is 24.3 Å². The summed E-state index contributed by atoms with van der Waals surface area (Å²) < 4.78 is 5.52. The lowest BCUT2D eigenvalue weighted by Gasteiger charge is -2.13. The monoisotopic (exact) mass is 280 g/mol. The van der Waals surface area contributed by atoms with Crippen molar-refractivity contribution in [1.82, 2.24) is 10.6 Å². The number of hydrogen-bond donors (Lipinski definition) is 3. The minimum absolute atomic E-state index is 0.0729. The van der Waals surface area contributed by atoms with Gasteiger partial charge < -0.3 is 20.5 Å². The van der Waals surface area contributed by atoms with Gasteiger partial charge in [-0.2, -0.15) is 0 Å². The number of ether oxygens (including phenoxy) is 1. The smallest absolute Gasteiger partial charge is 0.233 e. The van der Waals surface area contributed by atoms with E-state index in [9.17, 15) is 9.90 Å². The van der Waals surface area contributed by atoms with Gasteiger partial charge in [0.2, 0.25) is 5.91 Å². The van der Waals surface area contributed by atoms with Gasteiger partial charge in [-0.25, -0.2) is 0 Å². The lowest BCUT2D eigenvalue weighted by Crippen LogP contribution is -2.38. The van der Waals surface area contributed by atoms with Gasteiger partial charge in [0, 0.05) is 13.1 Å². The molecule has 0 bridgehead atoms. The number of aliphatic hydroxyl groups excluding tert-OH is 1. The number of rotatable bonds is 9. The Morgan fingerprint density at radius 3 is 2.90 bits per heavy atom. The zero-order valence-electron chi connectivity index (χ0n) is 12.2. The largest absolute Gasteiger partial charge is 0.491 e. The van der Waals surface area contributed by atoms with Crippen molar-refractivity contribution in [2.45, 2.75) is 26.4 Å². The van der Waals surface area contributed by atoms with Crippen LogP contribution in [0.1, 0.15) is 19.4 Å². The second kappa shape index (κ2) is 9.34. The predicted octanol–water partition coefficient (Wildman–Crippen LogP) is 0.714. The van der Waals surface area contributed by atoms with Crippen LogP contribution in [0.2, 0.25) is 0 Å². The molecule has 5 nitrogen and oxygen atoms in total. The standard InChI is InChI=1S/C15H24N2O3/c1-3-12-6-5-7-14(8-12)20-11-13(18)9-16-10-15(19)17-4-2/h5-8,13,16,18H,3-4,9-11H2,1-2H3,(H,17,19). The van der Waals surface area contributed by atoms with Crippen molar-refractivity contribution in [3.8, 4) is 5.75 Å². The Labute approximate surface area is 120 Å². The Morgan fingerprint density at radius 2 is 2.20 bits per heavy atom. The maximum absolute atomic E-state index is 11.2. The molecule has 1 amide bonds. The first kappa shape index (κ1) is 16.5. The minimum Gasteiger partial charge on any atom is -0.491 e. The summed E-state index contributed by atoms with van der Waals surface area (Å²) in [5.74, 6) is 0.684. The lowest BCUT2D eigenvalue weighted by atomic mass is 10.2. The highest BCUT2D eigenvalue weighted by Crippen LogP contribution is 2.13. The fraction of sp³-hybridized carbons (Fsp3) is 0.533. The maximum Gasteiger partial charge on any atom is 0.233 e. The van der Waals surface area contributed by atoms with Crippen molar-refractivity contribution < 1.29 is 14.6 Å². The van der Waals surface area contributed by atoms with Gasteiger partial charge in [-0.1, -0.05) is 19.1 Å². The summed E-state index contributed by atoms with van der Waals surface area (Å²) in [5, 5.41) is 15.3. The summed E-state index contributed by atoms with van der Waals surface area (Å²) in [4.78, 5) is 11.2. The molecule has 112 valence electrons. The Hall–Kier alpha value is -1.59. The number of aliphatic hydroxyl groups is 1. The van der Waals surface area contributed by atoms with Crippen molar-refractivity contribution in [2.75, 3.05) is 26.2 Å². The van der Waals surface area contributed by atoms with Gasteiger partial charge in [-0.15, -0.1) is 0 Å². The van der Waals surface area contributed by atoms with Crippen molar-refractivity contribution in [3.05, 3.63) is 29.8 Å². The number of carbonyl (C=O) groups excluding carboxylic acids is 1. The molecular weight excluding hydrogens is 256 g/mol. The van der Waals surface area contributed by atoms with E-state index in [2.05, 4.69) is 17.6 Å². The molecule has 0 aromatic heterocycles. The van der Waals surface area contributed by atoms with Gasteiger partial charge in [0.25, 0.3) is 0 Å². The Morgan fingerprint density at radius 1 is 1.40 bits per heavy atom. The normalized spacial score (nSPS) is 11.9. The summed E-state index contributed by atoms with van der Waals surface area (Å²) in [7, 11) is 0. The fourth-order valence-electron chi connectivity index (χ4n) is 1.72. The van der Waals surface area contributed by atoms with E-state index in [1.807, 2.05) is 31.2 Å². The molecule has 0 saturated carbocycles. The SMILES string of the molecule is CCNC(=O)CNCC(O)COc1cccc(CC)c1. The van der Waals surface area contributed by atoms with Gasteiger partial charge in [0.05, 0.1) is 6.54 Å². The van der Waals surface area contributed by atoms with Crippen molar-refractivity contribution in [1.29, 1.82) is 0 Å². The number of likely N-dealkylation sites (N-methyl/N-ethyl adjacent to an activating group) is 1. The van der Waals surface area contributed by atoms with E-state index in [0.717, 1.165) is 12.2 Å². The molecule has 0 heterocycles. The third-order valence-corrected chi connectivity index (χ3v) is 2.79. The molecule has 0 aliphatic carbocycles. The third-order valence-electron chi connectivity index (χ3n) is 2.79. The van der Waals surface area contributed by atoms with Crippen LogP contribution in [0, 0.1) is 0 Å². The predicted molar refractivity (Wildman–Crippen MR) is 78.9 cm³/mol. The summed E-state index contributed by atoms with van der Waals surface area (Å²) in [5.41, 5.74) is 1.20. The average molecular weight is 280 g/mol. The molecule has 3 N–H and O–H groups in total. The summed E-state index contributed by atoms with van der Waals surface area (Å²) in [6.45, 7) is 5.29. The van der Waals surface area contributed by atoms with E-state index in [0.29, 0.717) is 13.1 Å². The van der Waals surface area contributed by atoms with E-state index in [1.54, 1.807) is 0 Å². The number of hydrogen-bond acceptors (Lipinski definition) is 4. The molecule has 0 aliphatic heterocycles. The van der Waals surface area contributed by atoms with Gasteiger partial charge >= 0.3 is 0 Å². The summed E-state index contributed by atoms with van der Waals surface area (Å²) in [6.07, 6.45) is 0.308. The Kier molecular flexibility index (Phi) is 7.69. The van der Waals surface area contributed by atoms with Crippen LogP contribution in [0.25, 0.3) is 0 Å². The fourth-order valence-corrected chi connectivity index (χ4v) is 1.72. The quantitative estimate of drug-likeness (QED) is 0.623. The highest BCUT2D eigenvalue weighted by Gasteiger charge is 2.06. The second-order valence-corrected chi connectivity index (χ2v) is 4.55. The van der Waals surface area contributed by atoms with Crippen LogP contribution in [-0.4, -0.2) is 43.4 Å². The number of nitrogens with one attached hydrogen (secondary N) is 2. The molecule has 1 atom stereocenters. The van der Waals surface area contributed by atoms with Crippen LogP contribution >= 0.6 is 0 Å². The molecule has 1 rings (SSSR count). The highest BCUT2D eigenvalue weighted by atomic mass is 16.5. The molecule has 1 unspecified atom stereocenters. The molecule has 0 radical (unpaired) electrons. The van der Waals surface area contributed by atoms with E-state index in [1.165, 1.54) is 5.56 Å². The van der Waals surface area contributed by atoms with E-state index >= 15 is 0 Å².